The monoisotopic (exact) mass is 236 g/mol. The second-order valence-corrected chi connectivity index (χ2v) is 3.74. The molecule has 14 heavy (non-hydrogen) atoms. The minimum Gasteiger partial charge on any atom is -0.746 e. The molecular formula is C6H17N2NaO4S. The van der Waals surface area contributed by atoms with Gasteiger partial charge in [-0.1, -0.05) is 0 Å². The van der Waals surface area contributed by atoms with Crippen molar-refractivity contribution in [2.45, 2.75) is 19.3 Å². The molecule has 0 amide bonds. The SMILES string of the molecule is CCOC(C)S(=O)(=O)[O-].NCCN.[Na+]. The first kappa shape index (κ1) is 20.2. The molecule has 0 aromatic heterocycles. The molecule has 8 heteroatoms. The molecule has 0 heterocycles. The summed E-state index contributed by atoms with van der Waals surface area (Å²) in [7, 11) is -4.24. The van der Waals surface area contributed by atoms with E-state index in [0.717, 1.165) is 0 Å². The molecule has 82 valence electrons. The molecule has 1 unspecified atom stereocenters. The van der Waals surface area contributed by atoms with Gasteiger partial charge in [0.05, 0.1) is 0 Å². The number of nitrogens with two attached hydrogens (primary N) is 2. The minimum atomic E-state index is -4.24. The van der Waals surface area contributed by atoms with Gasteiger partial charge in [-0.15, -0.1) is 0 Å². The van der Waals surface area contributed by atoms with Gasteiger partial charge in [0.25, 0.3) is 0 Å². The topological polar surface area (TPSA) is 118 Å². The third-order valence-corrected chi connectivity index (χ3v) is 1.92. The predicted molar refractivity (Wildman–Crippen MR) is 48.9 cm³/mol. The van der Waals surface area contributed by atoms with Crippen molar-refractivity contribution in [3.8, 4) is 0 Å². The van der Waals surface area contributed by atoms with Crippen molar-refractivity contribution in [2.75, 3.05) is 19.7 Å². The Kier molecular flexibility index (Phi) is 17.1. The molecule has 0 aliphatic rings. The Balaban J connectivity index is -0.000000209. The fraction of sp³-hybridized carbons (Fsp3) is 1.00. The van der Waals surface area contributed by atoms with Crippen LogP contribution >= 0.6 is 0 Å². The first-order valence-electron chi connectivity index (χ1n) is 3.86. The van der Waals surface area contributed by atoms with Crippen LogP contribution < -0.4 is 41.0 Å². The number of hydrogen-bond acceptors (Lipinski definition) is 6. The molecule has 4 N–H and O–H groups in total. The van der Waals surface area contributed by atoms with Gasteiger partial charge in [0.1, 0.15) is 15.6 Å². The third kappa shape index (κ3) is 15.3. The second-order valence-electron chi connectivity index (χ2n) is 2.09. The Morgan fingerprint density at radius 2 is 1.71 bits per heavy atom. The zero-order chi connectivity index (χ0) is 10.9. The fourth-order valence-electron chi connectivity index (χ4n) is 0.318. The second kappa shape index (κ2) is 11.9. The summed E-state index contributed by atoms with van der Waals surface area (Å²) in [4.78, 5) is 0. The predicted octanol–water partition coefficient (Wildman–Crippen LogP) is -4.18. The van der Waals surface area contributed by atoms with Crippen molar-refractivity contribution < 1.29 is 47.3 Å². The van der Waals surface area contributed by atoms with E-state index in [1.807, 2.05) is 0 Å². The molecular weight excluding hydrogens is 219 g/mol. The fourth-order valence-corrected chi connectivity index (χ4v) is 0.621. The molecule has 0 bridgehead atoms. The molecule has 0 rings (SSSR count). The van der Waals surface area contributed by atoms with Gasteiger partial charge in [-0.05, 0) is 13.8 Å². The third-order valence-electron chi connectivity index (χ3n) is 0.975. The van der Waals surface area contributed by atoms with Gasteiger partial charge in [0.2, 0.25) is 0 Å². The largest absolute Gasteiger partial charge is 1.00 e. The van der Waals surface area contributed by atoms with Crippen molar-refractivity contribution in [1.29, 1.82) is 0 Å². The Morgan fingerprint density at radius 1 is 1.36 bits per heavy atom. The summed E-state index contributed by atoms with van der Waals surface area (Å²) in [6, 6.07) is 0. The molecule has 0 saturated heterocycles. The summed E-state index contributed by atoms with van der Waals surface area (Å²) >= 11 is 0. The van der Waals surface area contributed by atoms with E-state index < -0.39 is 15.6 Å². The van der Waals surface area contributed by atoms with Crippen LogP contribution in [0.4, 0.5) is 0 Å². The van der Waals surface area contributed by atoms with Crippen LogP contribution in [-0.2, 0) is 14.9 Å². The van der Waals surface area contributed by atoms with E-state index in [2.05, 4.69) is 4.74 Å². The van der Waals surface area contributed by atoms with Gasteiger partial charge < -0.3 is 20.8 Å². The smallest absolute Gasteiger partial charge is 0.746 e. The summed E-state index contributed by atoms with van der Waals surface area (Å²) < 4.78 is 34.6. The van der Waals surface area contributed by atoms with Crippen LogP contribution in [0.15, 0.2) is 0 Å². The van der Waals surface area contributed by atoms with E-state index >= 15 is 0 Å². The van der Waals surface area contributed by atoms with Crippen molar-refractivity contribution in [1.82, 2.24) is 0 Å². The molecule has 0 aromatic rings. The average Bonchev–Trinajstić information content (AvgIpc) is 2.04. The first-order chi connectivity index (χ1) is 5.90. The molecule has 0 aliphatic carbocycles. The molecule has 0 aliphatic heterocycles. The van der Waals surface area contributed by atoms with Crippen LogP contribution in [0.3, 0.4) is 0 Å². The van der Waals surface area contributed by atoms with Crippen molar-refractivity contribution in [2.24, 2.45) is 11.5 Å². The van der Waals surface area contributed by atoms with Gasteiger partial charge >= 0.3 is 29.6 Å². The molecule has 0 aromatic carbocycles. The van der Waals surface area contributed by atoms with Crippen LogP contribution in [0, 0.1) is 0 Å². The summed E-state index contributed by atoms with van der Waals surface area (Å²) in [5.41, 5.74) is 8.59. The van der Waals surface area contributed by atoms with Crippen molar-refractivity contribution >= 4 is 10.1 Å². The number of rotatable bonds is 4. The van der Waals surface area contributed by atoms with E-state index in [9.17, 15) is 13.0 Å². The van der Waals surface area contributed by atoms with Crippen LogP contribution in [0.1, 0.15) is 13.8 Å². The standard InChI is InChI=1S/C4H10O4S.C2H8N2.Na/c1-3-8-4(2)9(5,6)7;3-1-2-4;/h4H,3H2,1-2H3,(H,5,6,7);1-4H2;/q;;+1/p-1. The van der Waals surface area contributed by atoms with Crippen LogP contribution in [0.5, 0.6) is 0 Å². The molecule has 1 atom stereocenters. The molecule has 0 saturated carbocycles. The summed E-state index contributed by atoms with van der Waals surface area (Å²) in [5, 5.41) is 0. The van der Waals surface area contributed by atoms with Crippen molar-refractivity contribution in [3.05, 3.63) is 0 Å². The summed E-state index contributed by atoms with van der Waals surface area (Å²) in [6.07, 6.45) is 0. The normalized spacial score (nSPS) is 12.1. The van der Waals surface area contributed by atoms with E-state index in [4.69, 9.17) is 11.5 Å². The Morgan fingerprint density at radius 3 is 1.79 bits per heavy atom. The van der Waals surface area contributed by atoms with Gasteiger partial charge in [-0.25, -0.2) is 8.42 Å². The van der Waals surface area contributed by atoms with Crippen LogP contribution in [0.2, 0.25) is 0 Å². The number of ether oxygens (including phenoxy) is 1. The maximum atomic E-state index is 10.0. The minimum absolute atomic E-state index is 0. The van der Waals surface area contributed by atoms with Gasteiger partial charge in [-0.2, -0.15) is 0 Å². The van der Waals surface area contributed by atoms with Gasteiger partial charge in [0, 0.05) is 19.7 Å². The van der Waals surface area contributed by atoms with Gasteiger partial charge in [0.15, 0.2) is 0 Å². The van der Waals surface area contributed by atoms with E-state index in [1.165, 1.54) is 6.92 Å². The van der Waals surface area contributed by atoms with Gasteiger partial charge in [-0.3, -0.25) is 0 Å². The number of hydrogen-bond donors (Lipinski definition) is 2. The quantitative estimate of drug-likeness (QED) is 0.377. The molecule has 0 spiro atoms. The molecule has 6 nitrogen and oxygen atoms in total. The maximum absolute atomic E-state index is 10.0. The van der Waals surface area contributed by atoms with Crippen LogP contribution in [0.25, 0.3) is 0 Å². The van der Waals surface area contributed by atoms with Crippen LogP contribution in [-0.4, -0.2) is 38.1 Å². The Bertz CT molecular complexity index is 196. The van der Waals surface area contributed by atoms with E-state index in [1.54, 1.807) is 6.92 Å². The molecule has 0 fully saturated rings. The summed E-state index contributed by atoms with van der Waals surface area (Å²) in [5.74, 6) is 0. The first-order valence-corrected chi connectivity index (χ1v) is 5.33. The van der Waals surface area contributed by atoms with Crippen molar-refractivity contribution in [3.63, 3.8) is 0 Å². The summed E-state index contributed by atoms with van der Waals surface area (Å²) in [6.45, 7) is 4.27. The maximum Gasteiger partial charge on any atom is 1.00 e. The zero-order valence-corrected chi connectivity index (χ0v) is 11.7. The van der Waals surface area contributed by atoms with E-state index in [0.29, 0.717) is 13.1 Å². The average molecular weight is 236 g/mol. The zero-order valence-electron chi connectivity index (χ0n) is 8.89. The molecule has 0 radical (unpaired) electrons. The Hall–Kier alpha value is 0.790. The van der Waals surface area contributed by atoms with E-state index in [-0.39, 0.29) is 36.2 Å². The Labute approximate surface area is 107 Å².